The van der Waals surface area contributed by atoms with Gasteiger partial charge < -0.3 is 11.1 Å². The average molecular weight is 252 g/mol. The Kier molecular flexibility index (Phi) is 4.38. The second kappa shape index (κ2) is 5.77. The van der Waals surface area contributed by atoms with E-state index in [1.165, 1.54) is 0 Å². The van der Waals surface area contributed by atoms with E-state index < -0.39 is 29.5 Å². The minimum atomic E-state index is -1.09. The normalized spacial score (nSPS) is 11.4. The van der Waals surface area contributed by atoms with Crippen molar-refractivity contribution in [1.29, 1.82) is 0 Å². The number of hydrogen-bond donors (Lipinski definition) is 2. The van der Waals surface area contributed by atoms with Crippen molar-refractivity contribution in [3.63, 3.8) is 0 Å². The van der Waals surface area contributed by atoms with Crippen molar-refractivity contribution in [2.75, 3.05) is 0 Å². The molecule has 3 N–H and O–H groups in total. The molecule has 0 aromatic heterocycles. The van der Waals surface area contributed by atoms with Crippen LogP contribution in [-0.2, 0) is 4.79 Å². The van der Waals surface area contributed by atoms with E-state index in [-0.39, 0.29) is 12.0 Å². The van der Waals surface area contributed by atoms with Gasteiger partial charge in [0, 0.05) is 12.5 Å². The summed E-state index contributed by atoms with van der Waals surface area (Å²) in [5.41, 5.74) is 4.62. The molecular weight excluding hydrogens is 242 g/mol. The van der Waals surface area contributed by atoms with Crippen molar-refractivity contribution in [2.24, 2.45) is 5.73 Å². The molecule has 0 saturated carbocycles. The van der Waals surface area contributed by atoms with Crippen LogP contribution in [0.2, 0.25) is 0 Å². The van der Waals surface area contributed by atoms with Crippen LogP contribution in [0.1, 0.15) is 16.8 Å². The Morgan fingerprint density at radius 2 is 2.11 bits per heavy atom. The lowest BCUT2D eigenvalue weighted by Crippen LogP contribution is -2.44. The molecule has 0 fully saturated rings. The van der Waals surface area contributed by atoms with Crippen LogP contribution < -0.4 is 11.1 Å². The molecular formula is C12H10F2N2O2. The molecule has 1 aromatic rings. The van der Waals surface area contributed by atoms with Crippen LogP contribution in [0.15, 0.2) is 18.2 Å². The van der Waals surface area contributed by atoms with E-state index in [0.29, 0.717) is 6.07 Å². The van der Waals surface area contributed by atoms with Gasteiger partial charge in [-0.25, -0.2) is 8.78 Å². The quantitative estimate of drug-likeness (QED) is 0.769. The van der Waals surface area contributed by atoms with E-state index in [4.69, 9.17) is 12.2 Å². The van der Waals surface area contributed by atoms with Crippen LogP contribution in [0, 0.1) is 24.0 Å². The number of hydrogen-bond acceptors (Lipinski definition) is 2. The summed E-state index contributed by atoms with van der Waals surface area (Å²) < 4.78 is 25.9. The molecule has 18 heavy (non-hydrogen) atoms. The predicted octanol–water partition coefficient (Wildman–Crippen LogP) is 0.572. The van der Waals surface area contributed by atoms with Crippen molar-refractivity contribution < 1.29 is 18.4 Å². The van der Waals surface area contributed by atoms with Gasteiger partial charge in [0.25, 0.3) is 5.91 Å². The fourth-order valence-electron chi connectivity index (χ4n) is 1.25. The zero-order valence-electron chi connectivity index (χ0n) is 9.24. The maximum absolute atomic E-state index is 13.3. The van der Waals surface area contributed by atoms with Gasteiger partial charge in [-0.05, 0) is 12.1 Å². The first-order valence-corrected chi connectivity index (χ1v) is 4.94. The minimum absolute atomic E-state index is 0.107. The highest BCUT2D eigenvalue weighted by molar-refractivity contribution is 5.97. The van der Waals surface area contributed by atoms with E-state index >= 15 is 0 Å². The number of amides is 2. The maximum Gasteiger partial charge on any atom is 0.254 e. The summed E-state index contributed by atoms with van der Waals surface area (Å²) in [6.07, 6.45) is 4.89. The molecule has 0 unspecified atom stereocenters. The number of nitrogens with one attached hydrogen (secondary N) is 1. The Morgan fingerprint density at radius 3 is 2.61 bits per heavy atom. The second-order valence-corrected chi connectivity index (χ2v) is 3.46. The first-order chi connectivity index (χ1) is 8.45. The molecule has 6 heteroatoms. The molecule has 2 amide bonds. The Morgan fingerprint density at radius 1 is 1.44 bits per heavy atom. The summed E-state index contributed by atoms with van der Waals surface area (Å²) in [5, 5.41) is 2.18. The third kappa shape index (κ3) is 3.28. The summed E-state index contributed by atoms with van der Waals surface area (Å²) in [4.78, 5) is 22.6. The average Bonchev–Trinajstić information content (AvgIpc) is 2.27. The van der Waals surface area contributed by atoms with Crippen LogP contribution in [0.4, 0.5) is 8.78 Å². The Labute approximate surface area is 102 Å². The first-order valence-electron chi connectivity index (χ1n) is 4.94. The van der Waals surface area contributed by atoms with Crippen LogP contribution in [0.5, 0.6) is 0 Å². The molecule has 0 aliphatic carbocycles. The van der Waals surface area contributed by atoms with Crippen LogP contribution in [-0.4, -0.2) is 17.9 Å². The fourth-order valence-corrected chi connectivity index (χ4v) is 1.25. The maximum atomic E-state index is 13.3. The smallest absolute Gasteiger partial charge is 0.254 e. The largest absolute Gasteiger partial charge is 0.368 e. The zero-order valence-corrected chi connectivity index (χ0v) is 9.24. The van der Waals surface area contributed by atoms with Gasteiger partial charge in [0.2, 0.25) is 5.91 Å². The molecule has 1 aromatic carbocycles. The van der Waals surface area contributed by atoms with E-state index in [1.54, 1.807) is 0 Å². The van der Waals surface area contributed by atoms with Crippen LogP contribution >= 0.6 is 0 Å². The standard InChI is InChI=1S/C12H10F2N2O2/c1-2-3-10(11(15)17)16-12(18)8-5-4-7(13)6-9(8)14/h1,4-6,10H,3H2,(H2,15,17)(H,16,18)/t10-/m0/s1. The van der Waals surface area contributed by atoms with Crippen molar-refractivity contribution >= 4 is 11.8 Å². The summed E-state index contributed by atoms with van der Waals surface area (Å²) in [7, 11) is 0. The summed E-state index contributed by atoms with van der Waals surface area (Å²) >= 11 is 0. The minimum Gasteiger partial charge on any atom is -0.368 e. The van der Waals surface area contributed by atoms with Crippen molar-refractivity contribution in [2.45, 2.75) is 12.5 Å². The molecule has 4 nitrogen and oxygen atoms in total. The van der Waals surface area contributed by atoms with Gasteiger partial charge in [-0.15, -0.1) is 12.3 Å². The highest BCUT2D eigenvalue weighted by Crippen LogP contribution is 2.09. The number of halogens is 2. The Balaban J connectivity index is 2.87. The van der Waals surface area contributed by atoms with Crippen molar-refractivity contribution in [1.82, 2.24) is 5.32 Å². The highest BCUT2D eigenvalue weighted by Gasteiger charge is 2.20. The van der Waals surface area contributed by atoms with Crippen LogP contribution in [0.25, 0.3) is 0 Å². The van der Waals surface area contributed by atoms with Gasteiger partial charge in [-0.2, -0.15) is 0 Å². The van der Waals surface area contributed by atoms with Crippen molar-refractivity contribution in [3.05, 3.63) is 35.4 Å². The number of carbonyl (C=O) groups is 2. The molecule has 0 heterocycles. The number of carbonyl (C=O) groups excluding carboxylic acids is 2. The second-order valence-electron chi connectivity index (χ2n) is 3.46. The molecule has 0 saturated heterocycles. The number of benzene rings is 1. The molecule has 1 atom stereocenters. The van der Waals surface area contributed by atoms with Gasteiger partial charge in [0.05, 0.1) is 5.56 Å². The number of primary amides is 1. The molecule has 0 radical (unpaired) electrons. The molecule has 1 rings (SSSR count). The number of nitrogens with two attached hydrogens (primary N) is 1. The summed E-state index contributed by atoms with van der Waals surface area (Å²) in [6, 6.07) is 1.37. The van der Waals surface area contributed by atoms with Gasteiger partial charge >= 0.3 is 0 Å². The summed E-state index contributed by atoms with van der Waals surface area (Å²) in [5.74, 6) is -1.39. The van der Waals surface area contributed by atoms with Gasteiger partial charge in [-0.3, -0.25) is 9.59 Å². The van der Waals surface area contributed by atoms with Crippen molar-refractivity contribution in [3.8, 4) is 12.3 Å². The lowest BCUT2D eigenvalue weighted by atomic mass is 10.1. The highest BCUT2D eigenvalue weighted by atomic mass is 19.1. The Hall–Kier alpha value is -2.42. The van der Waals surface area contributed by atoms with Gasteiger partial charge in [-0.1, -0.05) is 0 Å². The number of rotatable bonds is 4. The van der Waals surface area contributed by atoms with E-state index in [0.717, 1.165) is 12.1 Å². The van der Waals surface area contributed by atoms with E-state index in [9.17, 15) is 18.4 Å². The third-order valence-corrected chi connectivity index (χ3v) is 2.15. The van der Waals surface area contributed by atoms with E-state index in [1.807, 2.05) is 0 Å². The monoisotopic (exact) mass is 252 g/mol. The molecule has 94 valence electrons. The third-order valence-electron chi connectivity index (χ3n) is 2.15. The predicted molar refractivity (Wildman–Crippen MR) is 60.3 cm³/mol. The van der Waals surface area contributed by atoms with Gasteiger partial charge in [0.15, 0.2) is 0 Å². The molecule has 0 aliphatic heterocycles. The molecule has 0 spiro atoms. The fraction of sp³-hybridized carbons (Fsp3) is 0.167. The lowest BCUT2D eigenvalue weighted by Gasteiger charge is -2.13. The van der Waals surface area contributed by atoms with Crippen LogP contribution in [0.3, 0.4) is 0 Å². The zero-order chi connectivity index (χ0) is 13.7. The SMILES string of the molecule is C#CC[C@H](NC(=O)c1ccc(F)cc1F)C(N)=O. The van der Waals surface area contributed by atoms with Gasteiger partial charge in [0.1, 0.15) is 17.7 Å². The lowest BCUT2D eigenvalue weighted by molar-refractivity contribution is -0.119. The number of terminal acetylenes is 1. The summed E-state index contributed by atoms with van der Waals surface area (Å²) in [6.45, 7) is 0. The van der Waals surface area contributed by atoms with E-state index in [2.05, 4.69) is 11.2 Å². The molecule has 0 aliphatic rings. The molecule has 0 bridgehead atoms. The first kappa shape index (κ1) is 13.6. The topological polar surface area (TPSA) is 72.2 Å². The Bertz CT molecular complexity index is 523.